The molecule has 5 nitrogen and oxygen atoms in total. The molecule has 1 N–H and O–H groups in total. The second-order valence-electron chi connectivity index (χ2n) is 7.03. The summed E-state index contributed by atoms with van der Waals surface area (Å²) in [5.41, 5.74) is 3.13. The van der Waals surface area contributed by atoms with E-state index in [-0.39, 0.29) is 11.3 Å². The summed E-state index contributed by atoms with van der Waals surface area (Å²) < 4.78 is 5.17. The van der Waals surface area contributed by atoms with Crippen LogP contribution in [0.25, 0.3) is 0 Å². The molecule has 1 heterocycles. The van der Waals surface area contributed by atoms with E-state index >= 15 is 0 Å². The van der Waals surface area contributed by atoms with Crippen LogP contribution in [0.2, 0.25) is 0 Å². The Labute approximate surface area is 137 Å². The van der Waals surface area contributed by atoms with Crippen molar-refractivity contribution in [2.75, 3.05) is 18.9 Å². The average molecular weight is 315 g/mol. The van der Waals surface area contributed by atoms with Crippen molar-refractivity contribution in [3.8, 4) is 0 Å². The number of benzene rings is 1. The van der Waals surface area contributed by atoms with Crippen molar-refractivity contribution in [2.45, 2.75) is 39.7 Å². The predicted molar refractivity (Wildman–Crippen MR) is 91.3 cm³/mol. The SMILES string of the molecule is Cc1ccc(CN(C)CC(=O)Nc2cc(C(C)(C)C)no2)cc1. The molecule has 1 amide bonds. The molecule has 2 rings (SSSR count). The second-order valence-corrected chi connectivity index (χ2v) is 7.03. The van der Waals surface area contributed by atoms with Gasteiger partial charge in [-0.15, -0.1) is 0 Å². The highest BCUT2D eigenvalue weighted by atomic mass is 16.5. The predicted octanol–water partition coefficient (Wildman–Crippen LogP) is 3.35. The Morgan fingerprint density at radius 1 is 1.26 bits per heavy atom. The summed E-state index contributed by atoms with van der Waals surface area (Å²) in [4.78, 5) is 14.0. The summed E-state index contributed by atoms with van der Waals surface area (Å²) >= 11 is 0. The molecule has 0 aliphatic rings. The van der Waals surface area contributed by atoms with Crippen LogP contribution in [0.5, 0.6) is 0 Å². The summed E-state index contributed by atoms with van der Waals surface area (Å²) in [6.45, 7) is 9.21. The van der Waals surface area contributed by atoms with E-state index in [1.54, 1.807) is 6.07 Å². The number of hydrogen-bond donors (Lipinski definition) is 1. The van der Waals surface area contributed by atoms with E-state index in [9.17, 15) is 4.79 Å². The maximum Gasteiger partial charge on any atom is 0.240 e. The number of hydrogen-bond acceptors (Lipinski definition) is 4. The van der Waals surface area contributed by atoms with E-state index in [1.165, 1.54) is 11.1 Å². The number of amides is 1. The maximum atomic E-state index is 12.1. The fourth-order valence-electron chi connectivity index (χ4n) is 2.17. The monoisotopic (exact) mass is 315 g/mol. The van der Waals surface area contributed by atoms with E-state index in [1.807, 2.05) is 32.7 Å². The fourth-order valence-corrected chi connectivity index (χ4v) is 2.17. The Morgan fingerprint density at radius 3 is 2.48 bits per heavy atom. The van der Waals surface area contributed by atoms with Gasteiger partial charge in [-0.25, -0.2) is 0 Å². The molecule has 0 fully saturated rings. The van der Waals surface area contributed by atoms with E-state index in [0.29, 0.717) is 12.4 Å². The first-order chi connectivity index (χ1) is 10.7. The lowest BCUT2D eigenvalue weighted by atomic mass is 9.92. The summed E-state index contributed by atoms with van der Waals surface area (Å²) in [6.07, 6.45) is 0. The van der Waals surface area contributed by atoms with Crippen molar-refractivity contribution in [1.29, 1.82) is 0 Å². The van der Waals surface area contributed by atoms with Crippen molar-refractivity contribution in [2.24, 2.45) is 0 Å². The zero-order valence-electron chi connectivity index (χ0n) is 14.5. The van der Waals surface area contributed by atoms with Crippen LogP contribution in [-0.2, 0) is 16.8 Å². The van der Waals surface area contributed by atoms with Crippen molar-refractivity contribution >= 4 is 11.8 Å². The zero-order valence-corrected chi connectivity index (χ0v) is 14.5. The molecule has 0 spiro atoms. The summed E-state index contributed by atoms with van der Waals surface area (Å²) in [6, 6.07) is 10.1. The molecule has 0 aliphatic carbocycles. The van der Waals surface area contributed by atoms with Crippen LogP contribution in [0.3, 0.4) is 0 Å². The number of anilines is 1. The van der Waals surface area contributed by atoms with Gasteiger partial charge in [0.05, 0.1) is 12.2 Å². The van der Waals surface area contributed by atoms with E-state index in [2.05, 4.69) is 41.7 Å². The molecule has 0 radical (unpaired) electrons. The van der Waals surface area contributed by atoms with Crippen LogP contribution in [0.4, 0.5) is 5.88 Å². The molecule has 1 aromatic heterocycles. The van der Waals surface area contributed by atoms with Crippen LogP contribution >= 0.6 is 0 Å². The topological polar surface area (TPSA) is 58.4 Å². The van der Waals surface area contributed by atoms with Crippen molar-refractivity contribution in [1.82, 2.24) is 10.1 Å². The number of nitrogens with zero attached hydrogens (tertiary/aromatic N) is 2. The third-order valence-electron chi connectivity index (χ3n) is 3.53. The maximum absolute atomic E-state index is 12.1. The Morgan fingerprint density at radius 2 is 1.91 bits per heavy atom. The van der Waals surface area contributed by atoms with Crippen molar-refractivity contribution < 1.29 is 9.32 Å². The lowest BCUT2D eigenvalue weighted by Gasteiger charge is -2.15. The van der Waals surface area contributed by atoms with E-state index in [4.69, 9.17) is 4.52 Å². The largest absolute Gasteiger partial charge is 0.338 e. The van der Waals surface area contributed by atoms with Gasteiger partial charge < -0.3 is 4.52 Å². The average Bonchev–Trinajstić information content (AvgIpc) is 2.89. The number of rotatable bonds is 5. The molecule has 2 aromatic rings. The molecular weight excluding hydrogens is 290 g/mol. The van der Waals surface area contributed by atoms with Crippen LogP contribution in [0, 0.1) is 6.92 Å². The summed E-state index contributed by atoms with van der Waals surface area (Å²) in [7, 11) is 1.92. The van der Waals surface area contributed by atoms with Gasteiger partial charge in [-0.2, -0.15) is 0 Å². The first kappa shape index (κ1) is 17.2. The van der Waals surface area contributed by atoms with Gasteiger partial charge in [-0.3, -0.25) is 15.0 Å². The zero-order chi connectivity index (χ0) is 17.0. The Kier molecular flexibility index (Phi) is 5.21. The highest BCUT2D eigenvalue weighted by Gasteiger charge is 2.19. The third-order valence-corrected chi connectivity index (χ3v) is 3.53. The van der Waals surface area contributed by atoms with Gasteiger partial charge in [0.1, 0.15) is 0 Å². The molecule has 0 saturated heterocycles. The highest BCUT2D eigenvalue weighted by Crippen LogP contribution is 2.23. The molecule has 0 unspecified atom stereocenters. The van der Waals surface area contributed by atoms with Gasteiger partial charge in [0.25, 0.3) is 0 Å². The number of carbonyl (C=O) groups is 1. The standard InChI is InChI=1S/C18H25N3O2/c1-13-6-8-14(9-7-13)11-21(5)12-16(22)19-17-10-15(20-23-17)18(2,3)4/h6-10H,11-12H2,1-5H3,(H,19,22). The lowest BCUT2D eigenvalue weighted by molar-refractivity contribution is -0.117. The molecular formula is C18H25N3O2. The highest BCUT2D eigenvalue weighted by molar-refractivity contribution is 5.90. The quantitative estimate of drug-likeness (QED) is 0.919. The summed E-state index contributed by atoms with van der Waals surface area (Å²) in [5.74, 6) is 0.278. The molecule has 1 aromatic carbocycles. The number of carbonyl (C=O) groups excluding carboxylic acids is 1. The number of nitrogens with one attached hydrogen (secondary N) is 1. The van der Waals surface area contributed by atoms with Gasteiger partial charge in [0, 0.05) is 18.0 Å². The Balaban J connectivity index is 1.86. The normalized spacial score (nSPS) is 11.7. The van der Waals surface area contributed by atoms with Gasteiger partial charge in [0.15, 0.2) is 0 Å². The Bertz CT molecular complexity index is 654. The number of aromatic nitrogens is 1. The van der Waals surface area contributed by atoms with Crippen LogP contribution < -0.4 is 5.32 Å². The van der Waals surface area contributed by atoms with Crippen molar-refractivity contribution in [3.05, 3.63) is 47.2 Å². The van der Waals surface area contributed by atoms with Gasteiger partial charge in [-0.05, 0) is 19.5 Å². The lowest BCUT2D eigenvalue weighted by Crippen LogP contribution is -2.29. The van der Waals surface area contributed by atoms with Crippen LogP contribution in [0.15, 0.2) is 34.9 Å². The molecule has 124 valence electrons. The minimum absolute atomic E-state index is 0.102. The van der Waals surface area contributed by atoms with E-state index < -0.39 is 0 Å². The second kappa shape index (κ2) is 6.96. The van der Waals surface area contributed by atoms with Gasteiger partial charge in [-0.1, -0.05) is 55.8 Å². The van der Waals surface area contributed by atoms with Crippen molar-refractivity contribution in [3.63, 3.8) is 0 Å². The fraction of sp³-hybridized carbons (Fsp3) is 0.444. The smallest absolute Gasteiger partial charge is 0.240 e. The van der Waals surface area contributed by atoms with Gasteiger partial charge >= 0.3 is 0 Å². The molecule has 5 heteroatoms. The van der Waals surface area contributed by atoms with E-state index in [0.717, 1.165) is 12.2 Å². The molecule has 0 aliphatic heterocycles. The van der Waals surface area contributed by atoms with Crippen LogP contribution in [0.1, 0.15) is 37.6 Å². The first-order valence-corrected chi connectivity index (χ1v) is 7.75. The molecule has 23 heavy (non-hydrogen) atoms. The Hall–Kier alpha value is -2.14. The first-order valence-electron chi connectivity index (χ1n) is 7.75. The molecule has 0 atom stereocenters. The molecule has 0 bridgehead atoms. The number of likely N-dealkylation sites (N-methyl/N-ethyl adjacent to an activating group) is 1. The van der Waals surface area contributed by atoms with Crippen LogP contribution in [-0.4, -0.2) is 29.6 Å². The van der Waals surface area contributed by atoms with Gasteiger partial charge in [0.2, 0.25) is 11.8 Å². The molecule has 0 saturated carbocycles. The summed E-state index contributed by atoms with van der Waals surface area (Å²) in [5, 5.41) is 6.74. The number of aryl methyl sites for hydroxylation is 1. The third kappa shape index (κ3) is 5.21. The minimum Gasteiger partial charge on any atom is -0.338 e. The minimum atomic E-state index is -0.115.